The molecule has 4 heteroatoms. The van der Waals surface area contributed by atoms with E-state index in [9.17, 15) is 4.79 Å². The van der Waals surface area contributed by atoms with Crippen LogP contribution < -0.4 is 14.2 Å². The Balaban J connectivity index is 2.18. The standard InChI is InChI=1S/C17H16O4/c1-10-5-4-6-14-11(10)7-13(18)12-8-16(19-2)17(20-3)9-15(12)21-14/h4-6,8-9H,7H2,1-3H3. The molecule has 2 aromatic rings. The highest BCUT2D eigenvalue weighted by Crippen LogP contribution is 2.40. The van der Waals surface area contributed by atoms with Crippen molar-refractivity contribution in [2.24, 2.45) is 0 Å². The Morgan fingerprint density at radius 2 is 1.76 bits per heavy atom. The maximum Gasteiger partial charge on any atom is 0.171 e. The van der Waals surface area contributed by atoms with Crippen molar-refractivity contribution in [2.75, 3.05) is 14.2 Å². The first-order valence-electron chi connectivity index (χ1n) is 6.69. The fourth-order valence-electron chi connectivity index (χ4n) is 2.53. The average molecular weight is 284 g/mol. The van der Waals surface area contributed by atoms with Gasteiger partial charge in [-0.1, -0.05) is 12.1 Å². The predicted octanol–water partition coefficient (Wildman–Crippen LogP) is 3.54. The zero-order valence-corrected chi connectivity index (χ0v) is 12.2. The normalized spacial score (nSPS) is 12.8. The number of ketones is 1. The van der Waals surface area contributed by atoms with E-state index in [1.165, 1.54) is 0 Å². The van der Waals surface area contributed by atoms with Gasteiger partial charge in [-0.2, -0.15) is 0 Å². The van der Waals surface area contributed by atoms with E-state index in [2.05, 4.69) is 0 Å². The summed E-state index contributed by atoms with van der Waals surface area (Å²) in [6.45, 7) is 1.98. The van der Waals surface area contributed by atoms with Crippen LogP contribution in [0.4, 0.5) is 0 Å². The molecular formula is C17H16O4. The summed E-state index contributed by atoms with van der Waals surface area (Å²) in [7, 11) is 3.10. The van der Waals surface area contributed by atoms with E-state index in [0.29, 0.717) is 35.0 Å². The Labute approximate surface area is 123 Å². The van der Waals surface area contributed by atoms with Crippen LogP contribution in [0.1, 0.15) is 21.5 Å². The van der Waals surface area contributed by atoms with Crippen molar-refractivity contribution in [1.29, 1.82) is 0 Å². The Morgan fingerprint density at radius 3 is 2.48 bits per heavy atom. The number of ether oxygens (including phenoxy) is 3. The van der Waals surface area contributed by atoms with Crippen LogP contribution in [0.3, 0.4) is 0 Å². The number of hydrogen-bond acceptors (Lipinski definition) is 4. The van der Waals surface area contributed by atoms with Crippen molar-refractivity contribution in [3.63, 3.8) is 0 Å². The molecule has 3 rings (SSSR count). The third kappa shape index (κ3) is 2.23. The van der Waals surface area contributed by atoms with Gasteiger partial charge in [0.05, 0.1) is 19.8 Å². The van der Waals surface area contributed by atoms with Crippen LogP contribution in [0.25, 0.3) is 0 Å². The van der Waals surface area contributed by atoms with Crippen molar-refractivity contribution in [1.82, 2.24) is 0 Å². The maximum atomic E-state index is 12.5. The van der Waals surface area contributed by atoms with E-state index in [1.54, 1.807) is 26.4 Å². The largest absolute Gasteiger partial charge is 0.493 e. The molecule has 0 aromatic heterocycles. The number of rotatable bonds is 2. The summed E-state index contributed by atoms with van der Waals surface area (Å²) in [4.78, 5) is 12.5. The number of aryl methyl sites for hydroxylation is 1. The minimum absolute atomic E-state index is 0.0130. The summed E-state index contributed by atoms with van der Waals surface area (Å²) in [5, 5.41) is 0. The van der Waals surface area contributed by atoms with Crippen LogP contribution in [0.5, 0.6) is 23.0 Å². The van der Waals surface area contributed by atoms with Gasteiger partial charge in [-0.05, 0) is 24.6 Å². The van der Waals surface area contributed by atoms with Crippen molar-refractivity contribution in [3.05, 3.63) is 47.0 Å². The zero-order chi connectivity index (χ0) is 15.0. The van der Waals surface area contributed by atoms with Crippen LogP contribution in [0.15, 0.2) is 30.3 Å². The van der Waals surface area contributed by atoms with Crippen molar-refractivity contribution >= 4 is 5.78 Å². The van der Waals surface area contributed by atoms with Gasteiger partial charge in [0.1, 0.15) is 11.5 Å². The van der Waals surface area contributed by atoms with Gasteiger partial charge in [0, 0.05) is 18.1 Å². The molecule has 0 radical (unpaired) electrons. The first-order chi connectivity index (χ1) is 10.1. The molecule has 0 N–H and O–H groups in total. The minimum atomic E-state index is 0.0130. The van der Waals surface area contributed by atoms with Crippen LogP contribution in [-0.4, -0.2) is 20.0 Å². The van der Waals surface area contributed by atoms with Crippen LogP contribution in [0.2, 0.25) is 0 Å². The lowest BCUT2D eigenvalue weighted by Gasteiger charge is -2.13. The summed E-state index contributed by atoms with van der Waals surface area (Å²) in [6, 6.07) is 9.15. The topological polar surface area (TPSA) is 44.8 Å². The van der Waals surface area contributed by atoms with Crippen molar-refractivity contribution in [2.45, 2.75) is 13.3 Å². The SMILES string of the molecule is COc1cc2c(cc1OC)C(=O)Cc1c(C)cccc1O2. The molecule has 1 heterocycles. The van der Waals surface area contributed by atoms with Gasteiger partial charge in [-0.25, -0.2) is 0 Å². The second-order valence-electron chi connectivity index (χ2n) is 4.96. The monoisotopic (exact) mass is 284 g/mol. The Morgan fingerprint density at radius 1 is 1.05 bits per heavy atom. The van der Waals surface area contributed by atoms with Crippen LogP contribution >= 0.6 is 0 Å². The Bertz CT molecular complexity index is 719. The highest BCUT2D eigenvalue weighted by Gasteiger charge is 2.24. The van der Waals surface area contributed by atoms with Gasteiger partial charge in [-0.3, -0.25) is 4.79 Å². The van der Waals surface area contributed by atoms with Gasteiger partial charge in [0.2, 0.25) is 0 Å². The molecule has 0 amide bonds. The van der Waals surface area contributed by atoms with Gasteiger partial charge in [0.25, 0.3) is 0 Å². The van der Waals surface area contributed by atoms with E-state index in [1.807, 2.05) is 25.1 Å². The first-order valence-corrected chi connectivity index (χ1v) is 6.69. The third-order valence-corrected chi connectivity index (χ3v) is 3.71. The molecule has 21 heavy (non-hydrogen) atoms. The smallest absolute Gasteiger partial charge is 0.171 e. The van der Waals surface area contributed by atoms with E-state index >= 15 is 0 Å². The summed E-state index contributed by atoms with van der Waals surface area (Å²) >= 11 is 0. The van der Waals surface area contributed by atoms with E-state index < -0.39 is 0 Å². The molecule has 0 atom stereocenters. The fourth-order valence-corrected chi connectivity index (χ4v) is 2.53. The number of methoxy groups -OCH3 is 2. The van der Waals surface area contributed by atoms with Gasteiger partial charge < -0.3 is 14.2 Å². The van der Waals surface area contributed by atoms with E-state index in [4.69, 9.17) is 14.2 Å². The van der Waals surface area contributed by atoms with Crippen molar-refractivity contribution < 1.29 is 19.0 Å². The number of benzene rings is 2. The lowest BCUT2D eigenvalue weighted by molar-refractivity contribution is 0.0993. The fraction of sp³-hybridized carbons (Fsp3) is 0.235. The van der Waals surface area contributed by atoms with Gasteiger partial charge in [-0.15, -0.1) is 0 Å². The lowest BCUT2D eigenvalue weighted by atomic mass is 9.99. The molecule has 1 aliphatic heterocycles. The van der Waals surface area contributed by atoms with Crippen LogP contribution in [-0.2, 0) is 6.42 Å². The molecule has 0 fully saturated rings. The molecule has 0 bridgehead atoms. The van der Waals surface area contributed by atoms with Crippen LogP contribution in [0, 0.1) is 6.92 Å². The number of carbonyl (C=O) groups excluding carboxylic acids is 1. The maximum absolute atomic E-state index is 12.5. The Hall–Kier alpha value is -2.49. The molecule has 2 aromatic carbocycles. The van der Waals surface area contributed by atoms with Gasteiger partial charge >= 0.3 is 0 Å². The molecule has 0 unspecified atom stereocenters. The number of hydrogen-bond donors (Lipinski definition) is 0. The summed E-state index contributed by atoms with van der Waals surface area (Å²) in [5.74, 6) is 2.30. The number of carbonyl (C=O) groups is 1. The van der Waals surface area contributed by atoms with Gasteiger partial charge in [0.15, 0.2) is 17.3 Å². The molecule has 0 saturated carbocycles. The molecule has 0 saturated heterocycles. The molecular weight excluding hydrogens is 268 g/mol. The van der Waals surface area contributed by atoms with E-state index in [-0.39, 0.29) is 5.78 Å². The third-order valence-electron chi connectivity index (χ3n) is 3.71. The molecule has 0 aliphatic carbocycles. The molecule has 0 spiro atoms. The quantitative estimate of drug-likeness (QED) is 0.846. The average Bonchev–Trinajstić information content (AvgIpc) is 2.63. The second-order valence-corrected chi connectivity index (χ2v) is 4.96. The predicted molar refractivity (Wildman–Crippen MR) is 78.8 cm³/mol. The zero-order valence-electron chi connectivity index (χ0n) is 12.2. The van der Waals surface area contributed by atoms with Crippen molar-refractivity contribution in [3.8, 4) is 23.0 Å². The number of fused-ring (bicyclic) bond motifs is 2. The van der Waals surface area contributed by atoms with E-state index in [0.717, 1.165) is 11.1 Å². The highest BCUT2D eigenvalue weighted by atomic mass is 16.5. The molecule has 108 valence electrons. The lowest BCUT2D eigenvalue weighted by Crippen LogP contribution is -2.04. The summed E-state index contributed by atoms with van der Waals surface area (Å²) < 4.78 is 16.5. The molecule has 1 aliphatic rings. The summed E-state index contributed by atoms with van der Waals surface area (Å²) in [5.41, 5.74) is 2.49. The highest BCUT2D eigenvalue weighted by molar-refractivity contribution is 6.02. The first kappa shape index (κ1) is 13.5. The minimum Gasteiger partial charge on any atom is -0.493 e. The summed E-state index contributed by atoms with van der Waals surface area (Å²) in [6.07, 6.45) is 0.324. The Kier molecular flexibility index (Phi) is 3.29. The molecule has 4 nitrogen and oxygen atoms in total. The second kappa shape index (κ2) is 5.13. The number of Topliss-reactive ketones (excluding diaryl/α,β-unsaturated/α-hetero) is 1.